The molecule has 1 aliphatic rings. The maximum Gasteiger partial charge on any atom is 0.174 e. The van der Waals surface area contributed by atoms with Crippen LogP contribution in [0.4, 0.5) is 5.69 Å². The summed E-state index contributed by atoms with van der Waals surface area (Å²) in [5.74, 6) is 2.26. The summed E-state index contributed by atoms with van der Waals surface area (Å²) in [6.07, 6.45) is 1.81. The van der Waals surface area contributed by atoms with Crippen LogP contribution in [0.5, 0.6) is 17.2 Å². The summed E-state index contributed by atoms with van der Waals surface area (Å²) in [6.45, 7) is 4.26. The van der Waals surface area contributed by atoms with Crippen LogP contribution in [-0.4, -0.2) is 36.0 Å². The van der Waals surface area contributed by atoms with Gasteiger partial charge in [0.1, 0.15) is 17.2 Å². The van der Waals surface area contributed by atoms with Gasteiger partial charge in [-0.3, -0.25) is 4.98 Å². The summed E-state index contributed by atoms with van der Waals surface area (Å²) >= 11 is 5.94. The standard InChI is InChI=1S/C29H30N4O3S/c1-18-16-23(19(2)32(18)20-9-11-21(34-3)12-10-20)28-27(24-8-6-7-15-30-24)31-29(37)33(28)25-17-22(35-4)13-14-26(25)36-5/h6-17,27-28H,1-5H3,(H,31,37)/t27-,28+/m1/s1. The molecule has 0 saturated carbocycles. The van der Waals surface area contributed by atoms with Gasteiger partial charge in [-0.25, -0.2) is 0 Å². The van der Waals surface area contributed by atoms with Gasteiger partial charge in [-0.1, -0.05) is 6.07 Å². The highest BCUT2D eigenvalue weighted by atomic mass is 32.1. The minimum Gasteiger partial charge on any atom is -0.497 e. The summed E-state index contributed by atoms with van der Waals surface area (Å²) in [4.78, 5) is 6.81. The van der Waals surface area contributed by atoms with E-state index < -0.39 is 0 Å². The first-order valence-electron chi connectivity index (χ1n) is 12.0. The van der Waals surface area contributed by atoms with Crippen molar-refractivity contribution in [3.63, 3.8) is 0 Å². The molecule has 2 atom stereocenters. The second-order valence-electron chi connectivity index (χ2n) is 8.89. The van der Waals surface area contributed by atoms with E-state index in [9.17, 15) is 0 Å². The zero-order valence-electron chi connectivity index (χ0n) is 21.6. The highest BCUT2D eigenvalue weighted by Gasteiger charge is 2.43. The Bertz CT molecular complexity index is 1420. The molecule has 7 nitrogen and oxygen atoms in total. The third kappa shape index (κ3) is 4.38. The summed E-state index contributed by atoms with van der Waals surface area (Å²) in [7, 11) is 5.00. The Kier molecular flexibility index (Phi) is 6.76. The Morgan fingerprint density at radius 3 is 2.24 bits per heavy atom. The number of anilines is 1. The van der Waals surface area contributed by atoms with Gasteiger partial charge >= 0.3 is 0 Å². The largest absolute Gasteiger partial charge is 0.497 e. The summed E-state index contributed by atoms with van der Waals surface area (Å²) in [6, 6.07) is 21.7. The van der Waals surface area contributed by atoms with Crippen LogP contribution in [0.15, 0.2) is 72.9 Å². The van der Waals surface area contributed by atoms with E-state index in [-0.39, 0.29) is 12.1 Å². The minimum absolute atomic E-state index is 0.172. The fraction of sp³-hybridized carbons (Fsp3) is 0.241. The number of aromatic nitrogens is 2. The third-order valence-corrected chi connectivity index (χ3v) is 7.18. The van der Waals surface area contributed by atoms with Gasteiger partial charge < -0.3 is 29.0 Å². The molecule has 0 spiro atoms. The van der Waals surface area contributed by atoms with E-state index in [4.69, 9.17) is 26.4 Å². The average Bonchev–Trinajstić information content (AvgIpc) is 3.43. The lowest BCUT2D eigenvalue weighted by molar-refractivity contribution is 0.403. The molecule has 0 unspecified atom stereocenters. The van der Waals surface area contributed by atoms with E-state index in [1.807, 2.05) is 54.7 Å². The van der Waals surface area contributed by atoms with Crippen molar-refractivity contribution in [2.24, 2.45) is 0 Å². The van der Waals surface area contributed by atoms with E-state index in [0.717, 1.165) is 45.5 Å². The van der Waals surface area contributed by atoms with Gasteiger partial charge in [-0.15, -0.1) is 0 Å². The van der Waals surface area contributed by atoms with E-state index in [0.29, 0.717) is 10.9 Å². The Morgan fingerprint density at radius 1 is 0.865 bits per heavy atom. The number of aryl methyl sites for hydroxylation is 1. The minimum atomic E-state index is -0.179. The van der Waals surface area contributed by atoms with Crippen LogP contribution < -0.4 is 24.4 Å². The smallest absolute Gasteiger partial charge is 0.174 e. The van der Waals surface area contributed by atoms with Crippen molar-refractivity contribution < 1.29 is 14.2 Å². The summed E-state index contributed by atoms with van der Waals surface area (Å²) in [5.41, 5.74) is 6.18. The number of nitrogens with zero attached hydrogens (tertiary/aromatic N) is 3. The number of rotatable bonds is 7. The van der Waals surface area contributed by atoms with Crippen molar-refractivity contribution in [3.8, 4) is 22.9 Å². The molecule has 1 fully saturated rings. The molecule has 4 aromatic rings. The van der Waals surface area contributed by atoms with Crippen molar-refractivity contribution in [2.45, 2.75) is 25.9 Å². The molecule has 0 aliphatic carbocycles. The number of nitrogens with one attached hydrogen (secondary N) is 1. The molecule has 1 saturated heterocycles. The van der Waals surface area contributed by atoms with Gasteiger partial charge in [0, 0.05) is 29.3 Å². The molecule has 2 aromatic carbocycles. The zero-order chi connectivity index (χ0) is 26.1. The van der Waals surface area contributed by atoms with Crippen LogP contribution in [-0.2, 0) is 0 Å². The first-order chi connectivity index (χ1) is 18.0. The lowest BCUT2D eigenvalue weighted by Crippen LogP contribution is -2.30. The highest BCUT2D eigenvalue weighted by molar-refractivity contribution is 7.80. The Labute approximate surface area is 222 Å². The van der Waals surface area contributed by atoms with Crippen LogP contribution in [0.25, 0.3) is 5.69 Å². The number of benzene rings is 2. The number of ether oxygens (including phenoxy) is 3. The van der Waals surface area contributed by atoms with E-state index in [1.54, 1.807) is 21.3 Å². The number of pyridine rings is 1. The van der Waals surface area contributed by atoms with Crippen molar-refractivity contribution in [3.05, 3.63) is 95.6 Å². The molecule has 3 heterocycles. The van der Waals surface area contributed by atoms with E-state index >= 15 is 0 Å². The molecule has 0 radical (unpaired) electrons. The molecular formula is C29H30N4O3S. The van der Waals surface area contributed by atoms with Gasteiger partial charge in [0.2, 0.25) is 0 Å². The number of methoxy groups -OCH3 is 3. The normalized spacial score (nSPS) is 17.0. The van der Waals surface area contributed by atoms with Gasteiger partial charge in [-0.2, -0.15) is 0 Å². The predicted octanol–water partition coefficient (Wildman–Crippen LogP) is 5.69. The second-order valence-corrected chi connectivity index (χ2v) is 9.28. The van der Waals surface area contributed by atoms with E-state index in [2.05, 4.69) is 51.8 Å². The maximum atomic E-state index is 5.94. The first-order valence-corrected chi connectivity index (χ1v) is 12.4. The SMILES string of the molecule is COc1ccc(-n2c(C)cc([C@H]3[C@@H](c4ccccn4)NC(=S)N3c3cc(OC)ccc3OC)c2C)cc1. The molecule has 190 valence electrons. The van der Waals surface area contributed by atoms with Gasteiger partial charge in [0.25, 0.3) is 0 Å². The first kappa shape index (κ1) is 24.6. The topological polar surface area (TPSA) is 60.8 Å². The summed E-state index contributed by atoms with van der Waals surface area (Å²) in [5, 5.41) is 4.14. The highest BCUT2D eigenvalue weighted by Crippen LogP contribution is 2.47. The molecule has 1 N–H and O–H groups in total. The molecular weight excluding hydrogens is 484 g/mol. The van der Waals surface area contributed by atoms with Gasteiger partial charge in [-0.05, 0) is 86.2 Å². The molecule has 0 amide bonds. The number of hydrogen-bond donors (Lipinski definition) is 1. The van der Waals surface area contributed by atoms with Crippen LogP contribution in [0.3, 0.4) is 0 Å². The van der Waals surface area contributed by atoms with Crippen molar-refractivity contribution in [1.82, 2.24) is 14.9 Å². The lowest BCUT2D eigenvalue weighted by atomic mass is 9.96. The Hall–Kier alpha value is -4.04. The van der Waals surface area contributed by atoms with Crippen LogP contribution >= 0.6 is 12.2 Å². The second kappa shape index (κ2) is 10.1. The molecule has 5 rings (SSSR count). The van der Waals surface area contributed by atoms with Crippen LogP contribution in [0.1, 0.15) is 34.7 Å². The van der Waals surface area contributed by atoms with Crippen molar-refractivity contribution in [1.29, 1.82) is 0 Å². The lowest BCUT2D eigenvalue weighted by Gasteiger charge is -2.29. The zero-order valence-corrected chi connectivity index (χ0v) is 22.4. The Balaban J connectivity index is 1.69. The third-order valence-electron chi connectivity index (χ3n) is 6.86. The molecule has 0 bridgehead atoms. The summed E-state index contributed by atoms with van der Waals surface area (Å²) < 4.78 is 18.9. The fourth-order valence-corrected chi connectivity index (χ4v) is 5.47. The van der Waals surface area contributed by atoms with Crippen LogP contribution in [0, 0.1) is 13.8 Å². The fourth-order valence-electron chi connectivity index (χ4n) is 5.13. The monoisotopic (exact) mass is 514 g/mol. The quantitative estimate of drug-likeness (QED) is 0.318. The van der Waals surface area contributed by atoms with Crippen molar-refractivity contribution >= 4 is 23.0 Å². The molecule has 37 heavy (non-hydrogen) atoms. The van der Waals surface area contributed by atoms with Crippen molar-refractivity contribution in [2.75, 3.05) is 26.2 Å². The molecule has 8 heteroatoms. The predicted molar refractivity (Wildman–Crippen MR) is 149 cm³/mol. The van der Waals surface area contributed by atoms with Crippen LogP contribution in [0.2, 0.25) is 0 Å². The van der Waals surface area contributed by atoms with Gasteiger partial charge in [0.15, 0.2) is 5.11 Å². The van der Waals surface area contributed by atoms with Gasteiger partial charge in [0.05, 0.1) is 44.8 Å². The maximum absolute atomic E-state index is 5.94. The van der Waals surface area contributed by atoms with E-state index in [1.165, 1.54) is 0 Å². The molecule has 1 aliphatic heterocycles. The average molecular weight is 515 g/mol. The molecule has 2 aromatic heterocycles. The number of hydrogen-bond acceptors (Lipinski definition) is 5. The Morgan fingerprint density at radius 2 is 1.59 bits per heavy atom. The number of thiocarbonyl (C=S) groups is 1.